The number of fused-ring (bicyclic) bond motifs is 1. The Morgan fingerprint density at radius 2 is 1.74 bits per heavy atom. The first-order chi connectivity index (χ1) is 13.0. The Bertz CT molecular complexity index is 1040. The first-order valence-electron chi connectivity index (χ1n) is 8.05. The van der Waals surface area contributed by atoms with Gasteiger partial charge in [-0.3, -0.25) is 19.4 Å². The molecule has 0 saturated carbocycles. The lowest BCUT2D eigenvalue weighted by Crippen LogP contribution is -2.29. The van der Waals surface area contributed by atoms with Gasteiger partial charge in [0.05, 0.1) is 11.3 Å². The molecule has 27 heavy (non-hydrogen) atoms. The number of imide groups is 1. The Labute approximate surface area is 168 Å². The van der Waals surface area contributed by atoms with Crippen molar-refractivity contribution in [2.75, 3.05) is 10.2 Å². The van der Waals surface area contributed by atoms with Crippen molar-refractivity contribution in [2.24, 2.45) is 0 Å². The molecule has 0 saturated heterocycles. The van der Waals surface area contributed by atoms with E-state index < -0.39 is 11.8 Å². The molecule has 3 amide bonds. The van der Waals surface area contributed by atoms with Gasteiger partial charge in [-0.1, -0.05) is 6.07 Å². The van der Waals surface area contributed by atoms with Crippen LogP contribution < -0.4 is 10.2 Å². The van der Waals surface area contributed by atoms with E-state index in [0.29, 0.717) is 16.9 Å². The SMILES string of the molecule is O=C(Nc1ccc(I)cc1)c1cccc(N2C(=O)c3cccnc3C2=O)c1. The third-order valence-electron chi connectivity index (χ3n) is 4.12. The first-order valence-corrected chi connectivity index (χ1v) is 9.13. The fraction of sp³-hybridized carbons (Fsp3) is 0. The van der Waals surface area contributed by atoms with Crippen molar-refractivity contribution in [2.45, 2.75) is 0 Å². The number of carbonyl (C=O) groups is 3. The third kappa shape index (κ3) is 3.21. The lowest BCUT2D eigenvalue weighted by Gasteiger charge is -2.14. The van der Waals surface area contributed by atoms with Crippen molar-refractivity contribution in [1.29, 1.82) is 0 Å². The van der Waals surface area contributed by atoms with E-state index >= 15 is 0 Å². The van der Waals surface area contributed by atoms with Gasteiger partial charge in [-0.2, -0.15) is 0 Å². The van der Waals surface area contributed by atoms with Crippen LogP contribution in [0.25, 0.3) is 0 Å². The summed E-state index contributed by atoms with van der Waals surface area (Å²) in [5.74, 6) is -1.27. The molecule has 2 aromatic carbocycles. The summed E-state index contributed by atoms with van der Waals surface area (Å²) in [6.07, 6.45) is 1.47. The number of nitrogens with zero attached hydrogens (tertiary/aromatic N) is 2. The number of benzene rings is 2. The molecule has 2 heterocycles. The predicted octanol–water partition coefficient (Wildman–Crippen LogP) is 3.74. The number of carbonyl (C=O) groups excluding carboxylic acids is 3. The Balaban J connectivity index is 1.62. The Morgan fingerprint density at radius 3 is 2.48 bits per heavy atom. The molecule has 132 valence electrons. The topological polar surface area (TPSA) is 79.4 Å². The summed E-state index contributed by atoms with van der Waals surface area (Å²) in [6, 6.07) is 17.0. The lowest BCUT2D eigenvalue weighted by atomic mass is 10.1. The molecule has 0 bridgehead atoms. The minimum absolute atomic E-state index is 0.122. The smallest absolute Gasteiger partial charge is 0.284 e. The highest BCUT2D eigenvalue weighted by Crippen LogP contribution is 2.27. The fourth-order valence-corrected chi connectivity index (χ4v) is 3.18. The van der Waals surface area contributed by atoms with Gasteiger partial charge in [-0.15, -0.1) is 0 Å². The minimum Gasteiger partial charge on any atom is -0.322 e. The fourth-order valence-electron chi connectivity index (χ4n) is 2.82. The molecule has 6 nitrogen and oxygen atoms in total. The summed E-state index contributed by atoms with van der Waals surface area (Å²) in [5.41, 5.74) is 1.72. The summed E-state index contributed by atoms with van der Waals surface area (Å²) >= 11 is 2.18. The summed E-state index contributed by atoms with van der Waals surface area (Å²) in [4.78, 5) is 42.7. The second kappa shape index (κ2) is 6.92. The second-order valence-corrected chi connectivity index (χ2v) is 7.10. The van der Waals surface area contributed by atoms with Crippen LogP contribution in [0, 0.1) is 3.57 Å². The Hall–Kier alpha value is -3.07. The maximum absolute atomic E-state index is 12.6. The van der Waals surface area contributed by atoms with Crippen molar-refractivity contribution in [1.82, 2.24) is 4.98 Å². The van der Waals surface area contributed by atoms with E-state index in [4.69, 9.17) is 0 Å². The average molecular weight is 469 g/mol. The molecule has 0 spiro atoms. The monoisotopic (exact) mass is 469 g/mol. The first kappa shape index (κ1) is 17.3. The van der Waals surface area contributed by atoms with Gasteiger partial charge in [0.25, 0.3) is 17.7 Å². The zero-order chi connectivity index (χ0) is 19.0. The van der Waals surface area contributed by atoms with Gasteiger partial charge in [0.15, 0.2) is 0 Å². The van der Waals surface area contributed by atoms with Gasteiger partial charge in [-0.05, 0) is 77.2 Å². The van der Waals surface area contributed by atoms with Crippen molar-refractivity contribution >= 4 is 51.7 Å². The number of hydrogen-bond acceptors (Lipinski definition) is 4. The number of rotatable bonds is 3. The van der Waals surface area contributed by atoms with Gasteiger partial charge in [0.2, 0.25) is 0 Å². The quantitative estimate of drug-likeness (QED) is 0.469. The molecule has 0 aliphatic carbocycles. The van der Waals surface area contributed by atoms with Crippen LogP contribution >= 0.6 is 22.6 Å². The molecule has 0 fully saturated rings. The largest absolute Gasteiger partial charge is 0.322 e. The normalized spacial score (nSPS) is 12.9. The summed E-state index contributed by atoms with van der Waals surface area (Å²) < 4.78 is 1.06. The molecule has 1 aromatic heterocycles. The van der Waals surface area contributed by atoms with E-state index in [9.17, 15) is 14.4 Å². The predicted molar refractivity (Wildman–Crippen MR) is 109 cm³/mol. The zero-order valence-electron chi connectivity index (χ0n) is 13.8. The van der Waals surface area contributed by atoms with Crippen molar-refractivity contribution < 1.29 is 14.4 Å². The Kier molecular flexibility index (Phi) is 4.44. The van der Waals surface area contributed by atoms with Crippen LogP contribution in [0.2, 0.25) is 0 Å². The number of anilines is 2. The number of aromatic nitrogens is 1. The average Bonchev–Trinajstić information content (AvgIpc) is 2.95. The summed E-state index contributed by atoms with van der Waals surface area (Å²) in [6.45, 7) is 0. The molecule has 1 aliphatic rings. The van der Waals surface area contributed by atoms with Crippen LogP contribution in [0.3, 0.4) is 0 Å². The molecule has 4 rings (SSSR count). The van der Waals surface area contributed by atoms with Crippen LogP contribution in [-0.4, -0.2) is 22.7 Å². The minimum atomic E-state index is -0.495. The van der Waals surface area contributed by atoms with Crippen molar-refractivity contribution in [3.8, 4) is 0 Å². The number of nitrogens with one attached hydrogen (secondary N) is 1. The van der Waals surface area contributed by atoms with Gasteiger partial charge in [0, 0.05) is 21.0 Å². The number of hydrogen-bond donors (Lipinski definition) is 1. The number of halogens is 1. The lowest BCUT2D eigenvalue weighted by molar-refractivity contribution is 0.0922. The number of amides is 3. The van der Waals surface area contributed by atoms with Crippen molar-refractivity contribution in [3.63, 3.8) is 0 Å². The number of pyridine rings is 1. The van der Waals surface area contributed by atoms with E-state index in [1.54, 1.807) is 42.5 Å². The molecular formula is C20H12IN3O3. The van der Waals surface area contributed by atoms with E-state index in [1.807, 2.05) is 12.1 Å². The van der Waals surface area contributed by atoms with Crippen LogP contribution in [0.4, 0.5) is 11.4 Å². The van der Waals surface area contributed by atoms with Crippen LogP contribution in [0.5, 0.6) is 0 Å². The highest BCUT2D eigenvalue weighted by Gasteiger charge is 2.37. The molecular weight excluding hydrogens is 457 g/mol. The molecule has 0 radical (unpaired) electrons. The highest BCUT2D eigenvalue weighted by molar-refractivity contribution is 14.1. The van der Waals surface area contributed by atoms with E-state index in [1.165, 1.54) is 12.3 Å². The van der Waals surface area contributed by atoms with Crippen LogP contribution in [0.15, 0.2) is 66.9 Å². The van der Waals surface area contributed by atoms with Gasteiger partial charge in [-0.25, -0.2) is 4.90 Å². The highest BCUT2D eigenvalue weighted by atomic mass is 127. The standard InChI is InChI=1S/C20H12IN3O3/c21-13-6-8-14(9-7-13)23-18(25)12-3-1-4-15(11-12)24-19(26)16-5-2-10-22-17(16)20(24)27/h1-11H,(H,23,25). The van der Waals surface area contributed by atoms with Gasteiger partial charge < -0.3 is 5.32 Å². The Morgan fingerprint density at radius 1 is 0.963 bits per heavy atom. The maximum Gasteiger partial charge on any atom is 0.284 e. The zero-order valence-corrected chi connectivity index (χ0v) is 16.0. The van der Waals surface area contributed by atoms with Gasteiger partial charge in [0.1, 0.15) is 5.69 Å². The van der Waals surface area contributed by atoms with E-state index in [-0.39, 0.29) is 17.2 Å². The van der Waals surface area contributed by atoms with Crippen molar-refractivity contribution in [3.05, 3.63) is 87.3 Å². The van der Waals surface area contributed by atoms with E-state index in [2.05, 4.69) is 32.9 Å². The molecule has 0 unspecified atom stereocenters. The molecule has 1 aliphatic heterocycles. The summed E-state index contributed by atoms with van der Waals surface area (Å²) in [7, 11) is 0. The molecule has 0 atom stereocenters. The third-order valence-corrected chi connectivity index (χ3v) is 4.83. The maximum atomic E-state index is 12.6. The van der Waals surface area contributed by atoms with Gasteiger partial charge >= 0.3 is 0 Å². The van der Waals surface area contributed by atoms with Crippen LogP contribution in [0.1, 0.15) is 31.2 Å². The molecule has 1 N–H and O–H groups in total. The molecule has 7 heteroatoms. The second-order valence-electron chi connectivity index (χ2n) is 5.86. The molecule has 3 aromatic rings. The summed E-state index contributed by atoms with van der Waals surface area (Å²) in [5, 5.41) is 2.80. The van der Waals surface area contributed by atoms with Crippen LogP contribution in [-0.2, 0) is 0 Å². The van der Waals surface area contributed by atoms with E-state index in [0.717, 1.165) is 8.47 Å².